The van der Waals surface area contributed by atoms with Crippen LogP contribution in [0.2, 0.25) is 0 Å². The molecule has 37 heavy (non-hydrogen) atoms. The largest absolute Gasteiger partial charge is 0.436 e. The molecule has 2 aromatic heterocycles. The van der Waals surface area contributed by atoms with E-state index in [9.17, 15) is 14.4 Å². The molecule has 5 rings (SSSR count). The first-order valence-corrected chi connectivity index (χ1v) is 11.9. The van der Waals surface area contributed by atoms with Crippen molar-refractivity contribution in [3.05, 3.63) is 94.4 Å². The number of amides is 1. The lowest BCUT2D eigenvalue weighted by atomic mass is 10.0. The van der Waals surface area contributed by atoms with Gasteiger partial charge in [0.25, 0.3) is 5.88 Å². The number of para-hydroxylation sites is 2. The summed E-state index contributed by atoms with van der Waals surface area (Å²) in [4.78, 5) is 42.1. The zero-order chi connectivity index (χ0) is 26.1. The van der Waals surface area contributed by atoms with E-state index in [0.29, 0.717) is 34.0 Å². The molecule has 0 saturated heterocycles. The number of hydrogen-bond donors (Lipinski definition) is 1. The molecule has 5 aromatic rings. The summed E-state index contributed by atoms with van der Waals surface area (Å²) in [6.45, 7) is 5.38. The molecule has 3 aromatic carbocycles. The van der Waals surface area contributed by atoms with Crippen LogP contribution in [0.3, 0.4) is 0 Å². The summed E-state index contributed by atoms with van der Waals surface area (Å²) >= 11 is 0. The van der Waals surface area contributed by atoms with Gasteiger partial charge in [-0.05, 0) is 66.9 Å². The number of rotatable bonds is 7. The van der Waals surface area contributed by atoms with Gasteiger partial charge in [-0.3, -0.25) is 9.59 Å². The number of aromatic nitrogens is 4. The van der Waals surface area contributed by atoms with Crippen LogP contribution in [-0.2, 0) is 11.3 Å². The molecule has 0 bridgehead atoms. The number of nitrogens with one attached hydrogen (secondary N) is 1. The first-order chi connectivity index (χ1) is 17.8. The highest BCUT2D eigenvalue weighted by molar-refractivity contribution is 5.95. The molecule has 1 amide bonds. The van der Waals surface area contributed by atoms with Crippen LogP contribution in [0.4, 0.5) is 5.69 Å². The van der Waals surface area contributed by atoms with E-state index >= 15 is 0 Å². The molecule has 9 nitrogen and oxygen atoms in total. The molecule has 0 fully saturated rings. The molecule has 0 radical (unpaired) electrons. The number of ether oxygens (including phenoxy) is 1. The number of carbonyl (C=O) groups is 2. The summed E-state index contributed by atoms with van der Waals surface area (Å²) in [5.41, 5.74) is 3.04. The Morgan fingerprint density at radius 3 is 2.35 bits per heavy atom. The van der Waals surface area contributed by atoms with Crippen molar-refractivity contribution in [2.75, 3.05) is 5.32 Å². The lowest BCUT2D eigenvalue weighted by molar-refractivity contribution is -0.117. The predicted octanol–water partition coefficient (Wildman–Crippen LogP) is 4.80. The number of ketones is 1. The van der Waals surface area contributed by atoms with Gasteiger partial charge >= 0.3 is 5.69 Å². The van der Waals surface area contributed by atoms with Crippen molar-refractivity contribution in [2.24, 2.45) is 0 Å². The van der Waals surface area contributed by atoms with Gasteiger partial charge in [0.2, 0.25) is 11.6 Å². The molecular weight excluding hydrogens is 470 g/mol. The monoisotopic (exact) mass is 495 g/mol. The van der Waals surface area contributed by atoms with Crippen LogP contribution in [0.5, 0.6) is 11.6 Å². The zero-order valence-electron chi connectivity index (χ0n) is 20.6. The van der Waals surface area contributed by atoms with E-state index in [0.717, 1.165) is 4.68 Å². The molecule has 0 unspecified atom stereocenters. The van der Waals surface area contributed by atoms with E-state index in [1.165, 1.54) is 16.9 Å². The minimum atomic E-state index is -0.490. The van der Waals surface area contributed by atoms with E-state index in [1.807, 2.05) is 30.3 Å². The van der Waals surface area contributed by atoms with Crippen LogP contribution >= 0.6 is 0 Å². The van der Waals surface area contributed by atoms with Crippen molar-refractivity contribution in [3.63, 3.8) is 0 Å². The van der Waals surface area contributed by atoms with Crippen LogP contribution < -0.4 is 15.7 Å². The average Bonchev–Trinajstić information content (AvgIpc) is 3.21. The molecule has 0 atom stereocenters. The molecule has 0 aliphatic heterocycles. The van der Waals surface area contributed by atoms with Crippen LogP contribution in [0, 0.1) is 0 Å². The number of fused-ring (bicyclic) bond motifs is 3. The van der Waals surface area contributed by atoms with Crippen molar-refractivity contribution in [1.29, 1.82) is 0 Å². The summed E-state index contributed by atoms with van der Waals surface area (Å²) in [6.07, 6.45) is 0. The minimum absolute atomic E-state index is 0.0659. The topological polar surface area (TPSA) is 108 Å². The fourth-order valence-electron chi connectivity index (χ4n) is 4.00. The molecular formula is C28H25N5O4. The summed E-state index contributed by atoms with van der Waals surface area (Å²) in [7, 11) is 0. The van der Waals surface area contributed by atoms with Crippen LogP contribution in [0.15, 0.2) is 77.6 Å². The summed E-state index contributed by atoms with van der Waals surface area (Å²) in [6, 6.07) is 21.4. The van der Waals surface area contributed by atoms with E-state index in [4.69, 9.17) is 4.74 Å². The fraction of sp³-hybridized carbons (Fsp3) is 0.179. The van der Waals surface area contributed by atoms with Gasteiger partial charge in [-0.25, -0.2) is 18.9 Å². The maximum atomic E-state index is 13.3. The third-order valence-corrected chi connectivity index (χ3v) is 6.01. The van der Waals surface area contributed by atoms with Crippen LogP contribution in [0.1, 0.15) is 42.6 Å². The van der Waals surface area contributed by atoms with Gasteiger partial charge in [-0.15, -0.1) is 5.10 Å². The smallest absolute Gasteiger partial charge is 0.351 e. The van der Waals surface area contributed by atoms with Gasteiger partial charge in [0.15, 0.2) is 5.78 Å². The normalized spacial score (nSPS) is 11.2. The quantitative estimate of drug-likeness (QED) is 0.325. The van der Waals surface area contributed by atoms with Gasteiger partial charge in [0, 0.05) is 11.3 Å². The Kier molecular flexibility index (Phi) is 6.27. The van der Waals surface area contributed by atoms with Gasteiger partial charge in [0.05, 0.1) is 11.0 Å². The summed E-state index contributed by atoms with van der Waals surface area (Å²) < 4.78 is 8.54. The van der Waals surface area contributed by atoms with E-state index < -0.39 is 11.6 Å². The third kappa shape index (κ3) is 4.84. The Balaban J connectivity index is 1.49. The average molecular weight is 496 g/mol. The van der Waals surface area contributed by atoms with Crippen LogP contribution in [0.25, 0.3) is 16.7 Å². The Morgan fingerprint density at radius 1 is 0.973 bits per heavy atom. The van der Waals surface area contributed by atoms with Gasteiger partial charge in [0.1, 0.15) is 12.3 Å². The molecule has 0 saturated carbocycles. The summed E-state index contributed by atoms with van der Waals surface area (Å²) in [5.74, 6) is 0.593. The lowest BCUT2D eigenvalue weighted by Gasteiger charge is -2.09. The zero-order valence-corrected chi connectivity index (χ0v) is 20.6. The van der Waals surface area contributed by atoms with Gasteiger partial charge < -0.3 is 10.1 Å². The maximum absolute atomic E-state index is 13.3. The van der Waals surface area contributed by atoms with Crippen molar-refractivity contribution in [3.8, 4) is 11.6 Å². The second-order valence-electron chi connectivity index (χ2n) is 9.01. The summed E-state index contributed by atoms with van der Waals surface area (Å²) in [5, 5.41) is 7.13. The number of Topliss-reactive ketones (excluding diaryl/α,β-unsaturated/α-hetero) is 1. The molecule has 1 N–H and O–H groups in total. The highest BCUT2D eigenvalue weighted by Gasteiger charge is 2.19. The molecule has 186 valence electrons. The van der Waals surface area contributed by atoms with E-state index in [-0.39, 0.29) is 23.9 Å². The second kappa shape index (κ2) is 9.69. The molecule has 0 aliphatic carbocycles. The van der Waals surface area contributed by atoms with Crippen LogP contribution in [-0.4, -0.2) is 30.9 Å². The highest BCUT2D eigenvalue weighted by Crippen LogP contribution is 2.27. The first-order valence-electron chi connectivity index (χ1n) is 11.9. The molecule has 0 aliphatic rings. The van der Waals surface area contributed by atoms with E-state index in [1.54, 1.807) is 42.5 Å². The predicted molar refractivity (Wildman–Crippen MR) is 140 cm³/mol. The van der Waals surface area contributed by atoms with Crippen molar-refractivity contribution >= 4 is 34.1 Å². The second-order valence-corrected chi connectivity index (χ2v) is 9.01. The number of hydrogen-bond acceptors (Lipinski definition) is 6. The molecule has 2 heterocycles. The number of anilines is 1. The highest BCUT2D eigenvalue weighted by atomic mass is 16.5. The Labute approximate surface area is 212 Å². The lowest BCUT2D eigenvalue weighted by Crippen LogP contribution is -2.28. The number of nitrogens with zero attached hydrogens (tertiary/aromatic N) is 4. The fourth-order valence-corrected chi connectivity index (χ4v) is 4.00. The third-order valence-electron chi connectivity index (χ3n) is 6.01. The molecule has 0 spiro atoms. The standard InChI is InChI=1S/C28H25N5O4/c1-17(2)19-10-14-22(15-11-19)37-27-26-31-32(28(36)33(26)24-7-5-4-6-23(24)30-27)16-25(35)29-21-12-8-20(9-13-21)18(3)34/h4-15,17H,16H2,1-3H3,(H,29,35). The SMILES string of the molecule is CC(=O)c1ccc(NC(=O)Cn2nc3c(Oc4ccc(C(C)C)cc4)nc4ccccc4n3c2=O)cc1. The van der Waals surface area contributed by atoms with E-state index in [2.05, 4.69) is 29.2 Å². The van der Waals surface area contributed by atoms with Crippen molar-refractivity contribution in [1.82, 2.24) is 19.2 Å². The Bertz CT molecular complexity index is 1680. The first kappa shape index (κ1) is 23.9. The number of benzene rings is 3. The maximum Gasteiger partial charge on any atom is 0.351 e. The minimum Gasteiger partial charge on any atom is -0.436 e. The number of carbonyl (C=O) groups excluding carboxylic acids is 2. The van der Waals surface area contributed by atoms with Gasteiger partial charge in [-0.2, -0.15) is 0 Å². The molecule has 9 heteroatoms. The van der Waals surface area contributed by atoms with Crippen molar-refractivity contribution in [2.45, 2.75) is 33.2 Å². The van der Waals surface area contributed by atoms with Crippen molar-refractivity contribution < 1.29 is 14.3 Å². The Morgan fingerprint density at radius 2 is 1.68 bits per heavy atom. The van der Waals surface area contributed by atoms with Gasteiger partial charge in [-0.1, -0.05) is 38.1 Å². The Hall–Kier alpha value is -4.79.